The van der Waals surface area contributed by atoms with Gasteiger partial charge in [0.05, 0.1) is 203 Å². The molecule has 6 aromatic carbocycles. The number of alkyl halides is 1. The summed E-state index contributed by atoms with van der Waals surface area (Å²) in [6.45, 7) is 4.92. The van der Waals surface area contributed by atoms with Crippen LogP contribution in [0.1, 0.15) is 46.5 Å². The summed E-state index contributed by atoms with van der Waals surface area (Å²) in [6.07, 6.45) is 4.50. The molecule has 0 aliphatic carbocycles. The first-order chi connectivity index (χ1) is 59.0. The van der Waals surface area contributed by atoms with E-state index in [0.29, 0.717) is 17.1 Å². The van der Waals surface area contributed by atoms with Gasteiger partial charge in [-0.25, -0.2) is 92.0 Å². The molecule has 130 heavy (non-hydrogen) atoms. The third-order valence-corrected chi connectivity index (χ3v) is 28.2. The number of thiazole rings is 3. The van der Waals surface area contributed by atoms with Gasteiger partial charge in [0.2, 0.25) is 78.8 Å². The number of nitrogens with one attached hydrogen (secondary N) is 3. The molecule has 3 aliphatic heterocycles. The van der Waals surface area contributed by atoms with Crippen molar-refractivity contribution in [1.29, 1.82) is 0 Å². The van der Waals surface area contributed by atoms with Crippen LogP contribution in [0.15, 0.2) is 174 Å². The minimum Gasteiger partial charge on any atom is -0.870 e. The van der Waals surface area contributed by atoms with Gasteiger partial charge in [0.1, 0.15) is 12.0 Å². The van der Waals surface area contributed by atoms with Crippen LogP contribution in [-0.2, 0) is 122 Å². The maximum atomic E-state index is 12.9. The van der Waals surface area contributed by atoms with Gasteiger partial charge in [0, 0.05) is 68.0 Å². The monoisotopic (exact) mass is 2070 g/mol. The van der Waals surface area contributed by atoms with Crippen molar-refractivity contribution >= 4 is 264 Å². The van der Waals surface area contributed by atoms with Crippen molar-refractivity contribution in [2.24, 2.45) is 0 Å². The van der Waals surface area contributed by atoms with Crippen molar-refractivity contribution in [3.05, 3.63) is 159 Å². The summed E-state index contributed by atoms with van der Waals surface area (Å²) in [5, 5.41) is 25.0. The Morgan fingerprint density at radius 2 is 0.938 bits per heavy atom. The standard InChI is InChI=1S/C18H24N2O8S2.C13H16N2O4S2.C12H14N2O6S2.C9H10N2O2S2.C8H8N2O2S2.C7H6N2S.C5H7ClO3.CH3ClO2S.CH4O.Li.H2O/c1-18(2,3)28-17(22)20-13(10-16(21)27-5)11-30(25,26)15-9-12(7-8-14(15)20)19(4)29(6,23)24;1-15(21(3,17)18)10-4-5-11-12(7-10)20-8-9(14-11)6-13(16)19-2;1-14(21(2,17)18)9-3-4-10-11(6-9)22(19,20)7-8(13-10)5-12(15)16;1-11(15(2,12)13)7-3-4-8-9(5-7)14-6-10-8;1-14(11,12)10-6-2-3-7-8(4-6)13-5-9-7;8-5-1-2-6-7(3-5)10-4-9-6;1-9-5(8)2-4(7)3-6;1-5(2,3)4;1-2;;/h7-9,11H,10H2,1-6H3;4-5,7-8,14H,6H2,1-3H3;3-4,6-7,13H,5H2,1-2H3,(H,15,16);3-6H,1-2H3;2-5,10H,1H3;1-4H,8H2;2-3H2,1H3;1H3;2H,1H3;;1H2/q;;;;;;;;;+1;/p-1. The number of aliphatic carboxylic acids is 1. The molecule has 0 saturated carbocycles. The summed E-state index contributed by atoms with van der Waals surface area (Å²) in [6, 6.07) is 29.6. The number of nitrogen functional groups attached to an aromatic ring is 1. The zero-order chi connectivity index (χ0) is 97.4. The molecule has 0 unspecified atom stereocenters. The van der Waals surface area contributed by atoms with E-state index in [2.05, 4.69) is 55.2 Å². The third-order valence-electron chi connectivity index (χ3n) is 16.0. The molecule has 710 valence electrons. The first kappa shape index (κ1) is 117. The maximum absolute atomic E-state index is 12.9. The van der Waals surface area contributed by atoms with Crippen LogP contribution in [0, 0.1) is 0 Å². The average Bonchev–Trinajstić information content (AvgIpc) is 1.71. The van der Waals surface area contributed by atoms with Crippen LogP contribution in [0.3, 0.4) is 0 Å². The fraction of sp³-hybridized carbons (Fsp3) is 0.311. The molecule has 9 aromatic rings. The minimum absolute atomic E-state index is 0. The van der Waals surface area contributed by atoms with E-state index in [-0.39, 0.29) is 98.7 Å². The fourth-order valence-electron chi connectivity index (χ4n) is 9.82. The second kappa shape index (κ2) is 49.8. The number of ether oxygens (including phenoxy) is 4. The third kappa shape index (κ3) is 38.0. The molecule has 1 amide bonds. The molecular weight excluding hydrogens is 1980 g/mol. The molecule has 0 fully saturated rings. The fourth-order valence-corrected chi connectivity index (χ4v) is 18.2. The number of carboxylic acid groups (broad SMARTS) is 1. The Hall–Kier alpha value is -9.52. The van der Waals surface area contributed by atoms with Gasteiger partial charge >= 0.3 is 48.8 Å². The van der Waals surface area contributed by atoms with E-state index in [1.54, 1.807) is 85.6 Å². The first-order valence-corrected chi connectivity index (χ1v) is 54.7. The molecule has 41 nitrogen and oxygen atoms in total. The zero-order valence-corrected chi connectivity index (χ0v) is 84.0. The topological polar surface area (TPSA) is 600 Å². The molecular formula is C74H93Cl2LiN12O29S12. The van der Waals surface area contributed by atoms with Gasteiger partial charge in [-0.2, -0.15) is 0 Å². The van der Waals surface area contributed by atoms with Crippen LogP contribution in [0.5, 0.6) is 0 Å². The van der Waals surface area contributed by atoms with E-state index in [4.69, 9.17) is 32.3 Å². The number of benzene rings is 6. The van der Waals surface area contributed by atoms with Crippen molar-refractivity contribution in [3.63, 3.8) is 0 Å². The van der Waals surface area contributed by atoms with Gasteiger partial charge in [0.15, 0.2) is 5.78 Å². The van der Waals surface area contributed by atoms with Gasteiger partial charge in [-0.15, -0.1) is 45.6 Å². The molecule has 0 radical (unpaired) electrons. The van der Waals surface area contributed by atoms with E-state index >= 15 is 0 Å². The Morgan fingerprint density at radius 1 is 0.538 bits per heavy atom. The number of amides is 1. The maximum Gasteiger partial charge on any atom is 1.00 e. The number of hydrogen-bond acceptors (Lipinski definition) is 38. The van der Waals surface area contributed by atoms with E-state index < -0.39 is 121 Å². The van der Waals surface area contributed by atoms with Gasteiger partial charge < -0.3 is 51.0 Å². The normalized spacial score (nSPS) is 13.1. The van der Waals surface area contributed by atoms with Gasteiger partial charge in [-0.1, -0.05) is 11.8 Å². The minimum atomic E-state index is -4.10. The molecule has 6 heterocycles. The molecule has 3 aromatic heterocycles. The number of esters is 3. The number of nitrogens with two attached hydrogens (primary N) is 1. The van der Waals surface area contributed by atoms with Crippen molar-refractivity contribution in [3.8, 4) is 0 Å². The van der Waals surface area contributed by atoms with E-state index in [9.17, 15) is 96.1 Å². The summed E-state index contributed by atoms with van der Waals surface area (Å²) in [5.41, 5.74) is 17.3. The summed E-state index contributed by atoms with van der Waals surface area (Å²) in [5.74, 6) is -3.21. The van der Waals surface area contributed by atoms with Crippen molar-refractivity contribution in [1.82, 2.24) is 15.0 Å². The van der Waals surface area contributed by atoms with Crippen molar-refractivity contribution < 1.29 is 150 Å². The van der Waals surface area contributed by atoms with E-state index in [0.717, 1.165) is 129 Å². The number of methoxy groups -OCH3 is 3. The second-order valence-corrected chi connectivity index (χ2v) is 47.5. The van der Waals surface area contributed by atoms with Crippen LogP contribution < -0.4 is 62.1 Å². The van der Waals surface area contributed by atoms with Crippen LogP contribution in [0.2, 0.25) is 0 Å². The number of aromatic nitrogens is 3. The predicted molar refractivity (Wildman–Crippen MR) is 503 cm³/mol. The summed E-state index contributed by atoms with van der Waals surface area (Å²) >= 11 is 11.1. The number of nitrogens with zero attached hydrogens (tertiary/aromatic N) is 8. The second-order valence-electron chi connectivity index (χ2n) is 27.3. The number of carbonyl (C=O) groups is 6. The molecule has 56 heteroatoms. The number of ketones is 1. The number of rotatable bonds is 19. The number of anilines is 9. The average molecular weight is 2080 g/mol. The summed E-state index contributed by atoms with van der Waals surface area (Å²) in [4.78, 5) is 81.1. The Kier molecular flexibility index (Phi) is 44.7. The number of hydrogen-bond donors (Lipinski definition) is 6. The quantitative estimate of drug-likeness (QED) is 0.00918. The van der Waals surface area contributed by atoms with Crippen LogP contribution in [0.4, 0.5) is 56.0 Å². The number of Topliss-reactive ketones (excluding diaryl/α,β-unsaturated/α-hetero) is 1. The molecule has 0 saturated heterocycles. The number of thioether (sulfide) groups is 1. The van der Waals surface area contributed by atoms with Crippen LogP contribution in [-0.4, -0.2) is 239 Å². The summed E-state index contributed by atoms with van der Waals surface area (Å²) < 4.78 is 212. The van der Waals surface area contributed by atoms with Crippen LogP contribution in [0.25, 0.3) is 30.6 Å². The van der Waals surface area contributed by atoms with Gasteiger partial charge in [0.25, 0.3) is 0 Å². The van der Waals surface area contributed by atoms with E-state index in [1.807, 2.05) is 41.3 Å². The number of aliphatic hydroxyl groups is 1. The number of carbonyl (C=O) groups excluding carboxylic acids is 5. The number of sulfone groups is 2. The van der Waals surface area contributed by atoms with E-state index in [1.165, 1.54) is 122 Å². The molecule has 0 spiro atoms. The number of halogens is 2. The van der Waals surface area contributed by atoms with Gasteiger partial charge in [-0.3, -0.25) is 45.9 Å². The number of aliphatic hydroxyl groups excluding tert-OH is 1. The Bertz CT molecular complexity index is 6640. The first-order valence-electron chi connectivity index (χ1n) is 35.6. The SMILES string of the molecule is CN(c1ccc2c(c1)S(=O)(=O)C=C(CC(=O)O)N2)S(C)(=O)=O.CN(c1ccc2ncsc2c1)S(C)(=O)=O.CO.COC(=O)CC(=O)CCl.COC(=O)CC1=CS(=O)(=O)c2cc(N(C)S(C)(=O)=O)ccc2N1C(=O)OC(C)(C)C.COC(=O)CC1=CSc2cc(N(C)S(C)(=O)=O)ccc2N1.CS(=O)(=O)Cl.CS(=O)(=O)Nc1ccc2ncsc2c1.Nc1ccc2ncsc2c1.[Li+].[OH-]. The van der Waals surface area contributed by atoms with Crippen molar-refractivity contribution in [2.45, 2.75) is 66.7 Å². The molecule has 0 bridgehead atoms. The Labute approximate surface area is 791 Å². The Balaban J connectivity index is 0.000000520. The Morgan fingerprint density at radius 3 is 1.39 bits per heavy atom. The van der Waals surface area contributed by atoms with Crippen LogP contribution >= 0.6 is 68.1 Å². The zero-order valence-electron chi connectivity index (χ0n) is 72.7. The number of sulfonamides is 5. The molecule has 12 rings (SSSR count). The number of fused-ring (bicyclic) bond motifs is 6. The molecule has 0 atom stereocenters. The van der Waals surface area contributed by atoms with Crippen molar-refractivity contribution in [2.75, 3.05) is 143 Å². The molecule has 8 N–H and O–H groups in total. The smallest absolute Gasteiger partial charge is 0.870 e. The largest absolute Gasteiger partial charge is 1.00 e. The number of carboxylic acids is 1. The predicted octanol–water partition coefficient (Wildman–Crippen LogP) is 6.83. The summed E-state index contributed by atoms with van der Waals surface area (Å²) in [7, 11) is -13.1. The molecule has 3 aliphatic rings. The van der Waals surface area contributed by atoms with Gasteiger partial charge in [-0.05, 0) is 135 Å².